The largest absolute Gasteiger partial charge is 0.294 e. The van der Waals surface area contributed by atoms with E-state index in [2.05, 4.69) is 0 Å². The van der Waals surface area contributed by atoms with Gasteiger partial charge < -0.3 is 0 Å². The van der Waals surface area contributed by atoms with Crippen LogP contribution in [-0.2, 0) is 43.9 Å². The summed E-state index contributed by atoms with van der Waals surface area (Å²) in [4.78, 5) is 15.0. The first-order valence-electron chi connectivity index (χ1n) is 14.0. The molecule has 0 radical (unpaired) electrons. The number of fused-ring (bicyclic) bond motifs is 1. The van der Waals surface area contributed by atoms with Crippen molar-refractivity contribution in [1.29, 1.82) is 0 Å². The Balaban J connectivity index is 2.03. The highest BCUT2D eigenvalue weighted by molar-refractivity contribution is 7.99. The van der Waals surface area contributed by atoms with E-state index < -0.39 is 25.7 Å². The van der Waals surface area contributed by atoms with Crippen molar-refractivity contribution in [3.8, 4) is 0 Å². The Morgan fingerprint density at radius 3 is 1.58 bits per heavy atom. The molecular weight excluding hydrogens is 605 g/mol. The number of aryl methyl sites for hydroxylation is 2. The lowest BCUT2D eigenvalue weighted by Crippen LogP contribution is -2.42. The van der Waals surface area contributed by atoms with Gasteiger partial charge in [0.15, 0.2) is 5.78 Å². The molecule has 0 saturated heterocycles. The standard InChI is InChI=1S/C33H40O7S3/c1-20-13-21(2)29-26(14-20)30(34)33(19-41-29,17-22-15-24(31(3,4)5)9-11-27(22)42(35,36)37)18-23-16-25(32(6,7)8)10-12-28(23)43(38,39)40/h9-16H,17-19H2,1-8H3,(H,35,36,37)(H,38,39,40). The Bertz CT molecular complexity index is 1730. The molecule has 2 N–H and O–H groups in total. The second-order valence-corrected chi connectivity index (χ2v) is 17.6. The Morgan fingerprint density at radius 2 is 1.19 bits per heavy atom. The minimum absolute atomic E-state index is 0.0744. The van der Waals surface area contributed by atoms with Gasteiger partial charge in [0.2, 0.25) is 0 Å². The summed E-state index contributed by atoms with van der Waals surface area (Å²) in [5.74, 6) is -0.00383. The fourth-order valence-electron chi connectivity index (χ4n) is 5.80. The lowest BCUT2D eigenvalue weighted by atomic mass is 9.71. The number of rotatable bonds is 6. The van der Waals surface area contributed by atoms with Gasteiger partial charge in [-0.05, 0) is 83.5 Å². The molecule has 43 heavy (non-hydrogen) atoms. The molecule has 0 spiro atoms. The summed E-state index contributed by atoms with van der Waals surface area (Å²) in [6.45, 7) is 15.7. The SMILES string of the molecule is Cc1cc(C)c2c(c1)C(=O)C(Cc1cc(C(C)(C)C)ccc1S(=O)(=O)O)(Cc1cc(C(C)(C)C)ccc1S(=O)(=O)O)CS2. The third-order valence-electron chi connectivity index (χ3n) is 8.10. The van der Waals surface area contributed by atoms with E-state index in [0.29, 0.717) is 5.56 Å². The number of carbonyl (C=O) groups excluding carboxylic acids is 1. The van der Waals surface area contributed by atoms with Crippen molar-refractivity contribution in [2.45, 2.75) is 93.7 Å². The Kier molecular flexibility index (Phi) is 8.65. The van der Waals surface area contributed by atoms with Crippen LogP contribution in [0.15, 0.2) is 63.2 Å². The summed E-state index contributed by atoms with van der Waals surface area (Å²) in [7, 11) is -9.30. The Labute approximate surface area is 260 Å². The molecule has 232 valence electrons. The second kappa shape index (κ2) is 11.1. The van der Waals surface area contributed by atoms with Crippen LogP contribution in [0.25, 0.3) is 0 Å². The van der Waals surface area contributed by atoms with Crippen molar-refractivity contribution >= 4 is 37.8 Å². The molecule has 1 aliphatic rings. The van der Waals surface area contributed by atoms with Gasteiger partial charge in [-0.15, -0.1) is 11.8 Å². The van der Waals surface area contributed by atoms with Crippen LogP contribution >= 0.6 is 11.8 Å². The summed E-state index contributed by atoms with van der Waals surface area (Å²) in [6, 6.07) is 13.3. The molecule has 0 bridgehead atoms. The summed E-state index contributed by atoms with van der Waals surface area (Å²) in [5, 5.41) is 0. The smallest absolute Gasteiger partial charge is 0.293 e. The van der Waals surface area contributed by atoms with Gasteiger partial charge in [0.1, 0.15) is 0 Å². The average molecular weight is 645 g/mol. The highest BCUT2D eigenvalue weighted by Crippen LogP contribution is 2.47. The minimum Gasteiger partial charge on any atom is -0.293 e. The van der Waals surface area contributed by atoms with Gasteiger partial charge in [-0.3, -0.25) is 13.9 Å². The molecule has 3 aromatic carbocycles. The highest BCUT2D eigenvalue weighted by atomic mass is 32.2. The predicted octanol–water partition coefficient (Wildman–Crippen LogP) is 7.15. The molecule has 3 aromatic rings. The van der Waals surface area contributed by atoms with E-state index in [1.165, 1.54) is 23.9 Å². The fraction of sp³-hybridized carbons (Fsp3) is 0.424. The van der Waals surface area contributed by atoms with Gasteiger partial charge in [-0.2, -0.15) is 16.8 Å². The molecule has 0 saturated carbocycles. The number of ketones is 1. The highest BCUT2D eigenvalue weighted by Gasteiger charge is 2.45. The molecule has 0 aromatic heterocycles. The molecule has 1 aliphatic heterocycles. The van der Waals surface area contributed by atoms with E-state index in [0.717, 1.165) is 27.1 Å². The van der Waals surface area contributed by atoms with E-state index in [-0.39, 0.29) is 56.1 Å². The van der Waals surface area contributed by atoms with E-state index in [1.807, 2.05) is 67.5 Å². The molecule has 7 nitrogen and oxygen atoms in total. The molecule has 0 atom stereocenters. The normalized spacial score (nSPS) is 15.8. The van der Waals surface area contributed by atoms with Crippen LogP contribution in [0.1, 0.15) is 85.3 Å². The monoisotopic (exact) mass is 644 g/mol. The number of carbonyl (C=O) groups is 1. The lowest BCUT2D eigenvalue weighted by molar-refractivity contribution is 0.0810. The van der Waals surface area contributed by atoms with Gasteiger partial charge in [-0.1, -0.05) is 77.4 Å². The number of hydrogen-bond donors (Lipinski definition) is 2. The van der Waals surface area contributed by atoms with Gasteiger partial charge in [0.05, 0.1) is 15.2 Å². The predicted molar refractivity (Wildman–Crippen MR) is 171 cm³/mol. The average Bonchev–Trinajstić information content (AvgIpc) is 2.84. The molecule has 10 heteroatoms. The molecule has 0 fully saturated rings. The van der Waals surface area contributed by atoms with Crippen molar-refractivity contribution in [3.05, 3.63) is 87.5 Å². The maximum absolute atomic E-state index is 14.7. The van der Waals surface area contributed by atoms with Crippen LogP contribution in [0, 0.1) is 19.3 Å². The molecule has 4 rings (SSSR count). The van der Waals surface area contributed by atoms with Crippen LogP contribution in [-0.4, -0.2) is 37.5 Å². The van der Waals surface area contributed by atoms with Crippen molar-refractivity contribution in [2.24, 2.45) is 5.41 Å². The van der Waals surface area contributed by atoms with Gasteiger partial charge in [0, 0.05) is 16.2 Å². The summed E-state index contributed by atoms with van der Waals surface area (Å²) >= 11 is 1.47. The number of Topliss-reactive ketones (excluding diaryl/α,β-unsaturated/α-hetero) is 1. The fourth-order valence-corrected chi connectivity index (χ4v) is 8.56. The Morgan fingerprint density at radius 1 is 0.744 bits per heavy atom. The molecule has 1 heterocycles. The van der Waals surface area contributed by atoms with Crippen LogP contribution in [0.2, 0.25) is 0 Å². The zero-order valence-corrected chi connectivity index (χ0v) is 28.4. The molecule has 0 unspecified atom stereocenters. The lowest BCUT2D eigenvalue weighted by Gasteiger charge is -2.38. The van der Waals surface area contributed by atoms with Crippen molar-refractivity contribution in [1.82, 2.24) is 0 Å². The minimum atomic E-state index is -4.65. The van der Waals surface area contributed by atoms with Gasteiger partial charge in [-0.25, -0.2) is 0 Å². The summed E-state index contributed by atoms with van der Waals surface area (Å²) < 4.78 is 70.7. The van der Waals surface area contributed by atoms with Crippen LogP contribution in [0.4, 0.5) is 0 Å². The molecule has 0 aliphatic carbocycles. The van der Waals surface area contributed by atoms with Crippen LogP contribution in [0.5, 0.6) is 0 Å². The first-order chi connectivity index (χ1) is 19.5. The molecule has 0 amide bonds. The van der Waals surface area contributed by atoms with Crippen LogP contribution < -0.4 is 0 Å². The van der Waals surface area contributed by atoms with E-state index in [1.54, 1.807) is 24.3 Å². The third kappa shape index (κ3) is 6.93. The van der Waals surface area contributed by atoms with E-state index in [9.17, 15) is 30.7 Å². The zero-order chi connectivity index (χ0) is 32.3. The van der Waals surface area contributed by atoms with Gasteiger partial charge >= 0.3 is 0 Å². The second-order valence-electron chi connectivity index (χ2n) is 13.8. The van der Waals surface area contributed by atoms with Gasteiger partial charge in [0.25, 0.3) is 20.2 Å². The van der Waals surface area contributed by atoms with E-state index in [4.69, 9.17) is 0 Å². The number of thioether (sulfide) groups is 1. The van der Waals surface area contributed by atoms with Crippen molar-refractivity contribution in [2.75, 3.05) is 5.75 Å². The van der Waals surface area contributed by atoms with Crippen molar-refractivity contribution < 1.29 is 30.7 Å². The topological polar surface area (TPSA) is 126 Å². The summed E-state index contributed by atoms with van der Waals surface area (Å²) in [6.07, 6.45) is -0.149. The first kappa shape index (κ1) is 33.4. The number of benzene rings is 3. The maximum Gasteiger partial charge on any atom is 0.294 e. The third-order valence-corrected chi connectivity index (χ3v) is 11.5. The Hall–Kier alpha value is -2.50. The van der Waals surface area contributed by atoms with E-state index >= 15 is 0 Å². The quantitative estimate of drug-likeness (QED) is 0.271. The molecular formula is C33H40O7S3. The van der Waals surface area contributed by atoms with Crippen molar-refractivity contribution in [3.63, 3.8) is 0 Å². The van der Waals surface area contributed by atoms with Crippen LogP contribution in [0.3, 0.4) is 0 Å². The first-order valence-corrected chi connectivity index (χ1v) is 17.9. The number of hydrogen-bond acceptors (Lipinski definition) is 6. The zero-order valence-electron chi connectivity index (χ0n) is 25.9. The summed E-state index contributed by atoms with van der Waals surface area (Å²) in [5.41, 5.74) is 2.51. The maximum atomic E-state index is 14.7.